The van der Waals surface area contributed by atoms with Gasteiger partial charge in [0.2, 0.25) is 0 Å². The fraction of sp³-hybridized carbons (Fsp3) is 0.727. The molecule has 1 aliphatic rings. The van der Waals surface area contributed by atoms with Crippen molar-refractivity contribution in [1.82, 2.24) is 4.98 Å². The van der Waals surface area contributed by atoms with E-state index >= 15 is 0 Å². The molecule has 0 fully saturated rings. The van der Waals surface area contributed by atoms with Crippen LogP contribution in [0.25, 0.3) is 0 Å². The van der Waals surface area contributed by atoms with Gasteiger partial charge in [0.05, 0.1) is 16.2 Å². The molecule has 0 atom stereocenters. The molecule has 1 aliphatic heterocycles. The molecular formula is C11H18N2OS. The van der Waals surface area contributed by atoms with Gasteiger partial charge in [-0.1, -0.05) is 11.3 Å². The molecule has 0 unspecified atom stereocenters. The Labute approximate surface area is 94.9 Å². The monoisotopic (exact) mass is 226 g/mol. The summed E-state index contributed by atoms with van der Waals surface area (Å²) in [5.74, 6) is 0. The molecule has 0 aromatic carbocycles. The van der Waals surface area contributed by atoms with Crippen molar-refractivity contribution >= 4 is 16.5 Å². The lowest BCUT2D eigenvalue weighted by molar-refractivity contribution is -0.105. The molecule has 0 bridgehead atoms. The minimum Gasteiger partial charge on any atom is -0.362 e. The highest BCUT2D eigenvalue weighted by Crippen LogP contribution is 2.49. The van der Waals surface area contributed by atoms with Gasteiger partial charge in [0, 0.05) is 6.54 Å². The smallest absolute Gasteiger partial charge is 0.183 e. The first-order chi connectivity index (χ1) is 6.87. The molecule has 0 saturated carbocycles. The normalized spacial score (nSPS) is 21.4. The fourth-order valence-corrected chi connectivity index (χ4v) is 3.32. The van der Waals surface area contributed by atoms with Crippen LogP contribution in [0.3, 0.4) is 0 Å². The zero-order valence-electron chi connectivity index (χ0n) is 9.97. The van der Waals surface area contributed by atoms with Crippen molar-refractivity contribution in [3.8, 4) is 0 Å². The second-order valence-corrected chi connectivity index (χ2v) is 5.85. The number of rotatable bonds is 2. The minimum absolute atomic E-state index is 0.204. The Morgan fingerprint density at radius 2 is 1.93 bits per heavy atom. The van der Waals surface area contributed by atoms with Gasteiger partial charge in [-0.15, -0.1) is 0 Å². The maximum Gasteiger partial charge on any atom is 0.183 e. The number of hydrogen-bond acceptors (Lipinski definition) is 4. The van der Waals surface area contributed by atoms with Gasteiger partial charge in [-0.2, -0.15) is 0 Å². The third-order valence-corrected chi connectivity index (χ3v) is 3.90. The van der Waals surface area contributed by atoms with E-state index in [2.05, 4.69) is 44.9 Å². The van der Waals surface area contributed by atoms with Crippen LogP contribution >= 0.6 is 11.3 Å². The van der Waals surface area contributed by atoms with Crippen molar-refractivity contribution in [2.45, 2.75) is 45.8 Å². The van der Waals surface area contributed by atoms with Crippen LogP contribution in [0.1, 0.15) is 45.2 Å². The van der Waals surface area contributed by atoms with E-state index in [9.17, 15) is 0 Å². The van der Waals surface area contributed by atoms with Crippen molar-refractivity contribution in [2.24, 2.45) is 0 Å². The first kappa shape index (κ1) is 10.9. The number of aromatic nitrogens is 1. The van der Waals surface area contributed by atoms with Crippen LogP contribution in [-0.4, -0.2) is 11.5 Å². The molecule has 0 radical (unpaired) electrons. The van der Waals surface area contributed by atoms with Crippen LogP contribution in [0.2, 0.25) is 0 Å². The minimum atomic E-state index is -0.261. The van der Waals surface area contributed by atoms with E-state index in [0.29, 0.717) is 0 Å². The fourth-order valence-electron chi connectivity index (χ4n) is 2.10. The summed E-state index contributed by atoms with van der Waals surface area (Å²) in [6.07, 6.45) is 0. The lowest BCUT2D eigenvalue weighted by atomic mass is 10.0. The molecule has 1 N–H and O–H groups in total. The van der Waals surface area contributed by atoms with Crippen LogP contribution < -0.4 is 5.32 Å². The van der Waals surface area contributed by atoms with Crippen LogP contribution in [0, 0.1) is 0 Å². The largest absolute Gasteiger partial charge is 0.362 e. The van der Waals surface area contributed by atoms with Crippen LogP contribution in [0.5, 0.6) is 0 Å². The van der Waals surface area contributed by atoms with Gasteiger partial charge in [0.15, 0.2) is 5.13 Å². The van der Waals surface area contributed by atoms with E-state index in [1.165, 1.54) is 4.88 Å². The van der Waals surface area contributed by atoms with Crippen molar-refractivity contribution in [2.75, 3.05) is 11.9 Å². The maximum absolute atomic E-state index is 6.00. The predicted molar refractivity (Wildman–Crippen MR) is 63.4 cm³/mol. The summed E-state index contributed by atoms with van der Waals surface area (Å²) < 4.78 is 6.00. The predicted octanol–water partition coefficient (Wildman–Crippen LogP) is 3.08. The number of ether oxygens (including phenoxy) is 1. The molecule has 0 saturated heterocycles. The van der Waals surface area contributed by atoms with Gasteiger partial charge in [-0.05, 0) is 34.6 Å². The van der Waals surface area contributed by atoms with Gasteiger partial charge in [0.25, 0.3) is 0 Å². The molecule has 4 heteroatoms. The van der Waals surface area contributed by atoms with Crippen molar-refractivity contribution in [3.05, 3.63) is 10.6 Å². The standard InChI is InChI=1S/C11H18N2OS/c1-6-12-9-13-7-8(15-9)11(4,5)14-10(7,2)3/h6H2,1-5H3,(H,12,13). The van der Waals surface area contributed by atoms with Crippen LogP contribution in [0.15, 0.2) is 0 Å². The quantitative estimate of drug-likeness (QED) is 0.841. The summed E-state index contributed by atoms with van der Waals surface area (Å²) in [5, 5.41) is 4.27. The highest BCUT2D eigenvalue weighted by molar-refractivity contribution is 7.15. The topological polar surface area (TPSA) is 34.2 Å². The van der Waals surface area contributed by atoms with Crippen LogP contribution in [0.4, 0.5) is 5.13 Å². The molecule has 1 aromatic heterocycles. The summed E-state index contributed by atoms with van der Waals surface area (Å²) in [6.45, 7) is 11.4. The molecule has 0 aliphatic carbocycles. The van der Waals surface area contributed by atoms with Crippen molar-refractivity contribution in [3.63, 3.8) is 0 Å². The van der Waals surface area contributed by atoms with Crippen LogP contribution in [-0.2, 0) is 15.9 Å². The Bertz CT molecular complexity index is 350. The summed E-state index contributed by atoms with van der Waals surface area (Å²) in [7, 11) is 0. The lowest BCUT2D eigenvalue weighted by Crippen LogP contribution is -2.23. The maximum atomic E-state index is 6.00. The molecule has 0 spiro atoms. The Balaban J connectivity index is 2.46. The molecule has 2 heterocycles. The van der Waals surface area contributed by atoms with Crippen molar-refractivity contribution in [1.29, 1.82) is 0 Å². The molecule has 84 valence electrons. The molecular weight excluding hydrogens is 208 g/mol. The zero-order chi connectivity index (χ0) is 11.3. The van der Waals surface area contributed by atoms with Gasteiger partial charge in [0.1, 0.15) is 5.60 Å². The number of fused-ring (bicyclic) bond motifs is 1. The second kappa shape index (κ2) is 3.19. The average Bonchev–Trinajstić information content (AvgIpc) is 2.53. The summed E-state index contributed by atoms with van der Waals surface area (Å²) in [5.41, 5.74) is 0.626. The summed E-state index contributed by atoms with van der Waals surface area (Å²) in [6, 6.07) is 0. The molecule has 0 amide bonds. The molecule has 15 heavy (non-hydrogen) atoms. The number of hydrogen-bond donors (Lipinski definition) is 1. The number of nitrogens with one attached hydrogen (secondary N) is 1. The van der Waals surface area contributed by atoms with E-state index in [0.717, 1.165) is 17.4 Å². The highest BCUT2D eigenvalue weighted by atomic mass is 32.1. The van der Waals surface area contributed by atoms with E-state index in [4.69, 9.17) is 4.74 Å². The highest BCUT2D eigenvalue weighted by Gasteiger charge is 2.46. The zero-order valence-corrected chi connectivity index (χ0v) is 10.8. The third kappa shape index (κ3) is 1.66. The van der Waals surface area contributed by atoms with Gasteiger partial charge in [-0.3, -0.25) is 0 Å². The summed E-state index contributed by atoms with van der Waals surface area (Å²) >= 11 is 1.71. The number of thiazole rings is 1. The van der Waals surface area contributed by atoms with Crippen molar-refractivity contribution < 1.29 is 4.74 Å². The van der Waals surface area contributed by atoms with Gasteiger partial charge < -0.3 is 10.1 Å². The van der Waals surface area contributed by atoms with E-state index in [1.807, 2.05) is 0 Å². The van der Waals surface area contributed by atoms with E-state index in [1.54, 1.807) is 11.3 Å². The molecule has 3 nitrogen and oxygen atoms in total. The second-order valence-electron chi connectivity index (χ2n) is 4.85. The Hall–Kier alpha value is -0.610. The first-order valence-electron chi connectivity index (χ1n) is 5.32. The van der Waals surface area contributed by atoms with E-state index in [-0.39, 0.29) is 11.2 Å². The SMILES string of the molecule is CCNc1nc2c(s1)C(C)(C)OC2(C)C. The molecule has 1 aromatic rings. The Morgan fingerprint density at radius 1 is 1.27 bits per heavy atom. The third-order valence-electron chi connectivity index (χ3n) is 2.58. The first-order valence-corrected chi connectivity index (χ1v) is 6.14. The Kier molecular flexibility index (Phi) is 2.32. The average molecular weight is 226 g/mol. The number of nitrogens with zero attached hydrogens (tertiary/aromatic N) is 1. The van der Waals surface area contributed by atoms with Gasteiger partial charge in [-0.25, -0.2) is 4.98 Å². The Morgan fingerprint density at radius 3 is 2.47 bits per heavy atom. The lowest BCUT2D eigenvalue weighted by Gasteiger charge is -2.24. The van der Waals surface area contributed by atoms with Gasteiger partial charge >= 0.3 is 0 Å². The molecule has 2 rings (SSSR count). The number of anilines is 1. The summed E-state index contributed by atoms with van der Waals surface area (Å²) in [4.78, 5) is 5.86. The van der Waals surface area contributed by atoms with E-state index < -0.39 is 0 Å².